The third kappa shape index (κ3) is 11.1. The van der Waals surface area contributed by atoms with E-state index in [-0.39, 0.29) is 35.9 Å². The third-order valence-electron chi connectivity index (χ3n) is 7.63. The number of ether oxygens (including phenoxy) is 3. The Hall–Kier alpha value is -2.11. The topological polar surface area (TPSA) is 104 Å². The van der Waals surface area contributed by atoms with E-state index in [1.807, 2.05) is 33.8 Å². The molecule has 0 spiro atoms. The van der Waals surface area contributed by atoms with Crippen molar-refractivity contribution < 1.29 is 23.4 Å². The average molecular weight is 656 g/mol. The van der Waals surface area contributed by atoms with Crippen LogP contribution in [0.3, 0.4) is 0 Å². The summed E-state index contributed by atoms with van der Waals surface area (Å²) in [5.74, 6) is 1.70. The van der Waals surface area contributed by atoms with E-state index in [1.54, 1.807) is 12.1 Å². The SMILES string of the molecule is Cc1c(Cl)nc(-c2cc(Cl)cc(OCC(CCOC(=O)NC(C)(C)C)O[Si](C)(C)C(C)(C)C)c2)nc1NC1CCOCC1. The van der Waals surface area contributed by atoms with Crippen molar-refractivity contribution in [1.82, 2.24) is 15.3 Å². The lowest BCUT2D eigenvalue weighted by Crippen LogP contribution is -2.46. The van der Waals surface area contributed by atoms with Crippen LogP contribution in [-0.4, -0.2) is 68.5 Å². The maximum atomic E-state index is 12.2. The predicted molar refractivity (Wildman–Crippen MR) is 176 cm³/mol. The van der Waals surface area contributed by atoms with Gasteiger partial charge in [-0.25, -0.2) is 14.8 Å². The van der Waals surface area contributed by atoms with E-state index in [2.05, 4.69) is 49.5 Å². The number of hydrogen-bond donors (Lipinski definition) is 2. The van der Waals surface area contributed by atoms with Gasteiger partial charge in [-0.3, -0.25) is 0 Å². The fourth-order valence-corrected chi connectivity index (χ4v) is 5.92. The third-order valence-corrected chi connectivity index (χ3v) is 12.8. The minimum absolute atomic E-state index is 0.00260. The van der Waals surface area contributed by atoms with Gasteiger partial charge in [0.15, 0.2) is 14.1 Å². The second-order valence-corrected chi connectivity index (χ2v) is 19.2. The number of carbonyl (C=O) groups excluding carboxylic acids is 1. The lowest BCUT2D eigenvalue weighted by molar-refractivity contribution is 0.0766. The van der Waals surface area contributed by atoms with E-state index >= 15 is 0 Å². The van der Waals surface area contributed by atoms with Crippen LogP contribution in [0.25, 0.3) is 11.4 Å². The average Bonchev–Trinajstić information content (AvgIpc) is 2.88. The monoisotopic (exact) mass is 654 g/mol. The van der Waals surface area contributed by atoms with Gasteiger partial charge >= 0.3 is 6.09 Å². The molecular formula is C31H48Cl2N4O5Si. The number of rotatable bonds is 11. The summed E-state index contributed by atoms with van der Waals surface area (Å²) in [4.78, 5) is 21.5. The number of halogens is 2. The summed E-state index contributed by atoms with van der Waals surface area (Å²) in [5.41, 5.74) is 1.09. The van der Waals surface area contributed by atoms with Crippen molar-refractivity contribution in [2.24, 2.45) is 0 Å². The van der Waals surface area contributed by atoms with E-state index in [1.165, 1.54) is 0 Å². The maximum absolute atomic E-state index is 12.2. The van der Waals surface area contributed by atoms with Crippen LogP contribution < -0.4 is 15.4 Å². The highest BCUT2D eigenvalue weighted by Crippen LogP contribution is 2.38. The number of anilines is 1. The molecule has 12 heteroatoms. The van der Waals surface area contributed by atoms with Crippen LogP contribution in [0.2, 0.25) is 28.3 Å². The minimum atomic E-state index is -2.14. The van der Waals surface area contributed by atoms with Crippen molar-refractivity contribution in [1.29, 1.82) is 0 Å². The van der Waals surface area contributed by atoms with Gasteiger partial charge in [0.1, 0.15) is 23.3 Å². The largest absolute Gasteiger partial charge is 0.491 e. The summed E-state index contributed by atoms with van der Waals surface area (Å²) in [6.45, 7) is 20.4. The summed E-state index contributed by atoms with van der Waals surface area (Å²) in [6.07, 6.45) is 1.52. The molecule has 43 heavy (non-hydrogen) atoms. The molecule has 2 heterocycles. The Morgan fingerprint density at radius 2 is 1.77 bits per heavy atom. The van der Waals surface area contributed by atoms with Gasteiger partial charge in [-0.2, -0.15) is 0 Å². The molecular weight excluding hydrogens is 607 g/mol. The molecule has 1 saturated heterocycles. The predicted octanol–water partition coefficient (Wildman–Crippen LogP) is 8.03. The van der Waals surface area contributed by atoms with Crippen molar-refractivity contribution >= 4 is 43.4 Å². The molecule has 0 bridgehead atoms. The minimum Gasteiger partial charge on any atom is -0.491 e. The molecule has 2 aromatic rings. The number of hydrogen-bond acceptors (Lipinski definition) is 8. The second kappa shape index (κ2) is 14.8. The number of alkyl carbamates (subject to hydrolysis) is 1. The fourth-order valence-electron chi connectivity index (χ4n) is 4.15. The number of carbonyl (C=O) groups is 1. The van der Waals surface area contributed by atoms with E-state index in [4.69, 9.17) is 46.8 Å². The van der Waals surface area contributed by atoms with Crippen molar-refractivity contribution in [3.8, 4) is 17.1 Å². The van der Waals surface area contributed by atoms with Crippen molar-refractivity contribution in [3.05, 3.63) is 33.9 Å². The number of nitrogens with one attached hydrogen (secondary N) is 2. The molecule has 1 amide bonds. The summed E-state index contributed by atoms with van der Waals surface area (Å²) in [7, 11) is -2.14. The summed E-state index contributed by atoms with van der Waals surface area (Å²) in [6, 6.07) is 5.64. The van der Waals surface area contributed by atoms with Crippen LogP contribution >= 0.6 is 23.2 Å². The number of nitrogens with zero attached hydrogens (tertiary/aromatic N) is 2. The molecule has 0 saturated carbocycles. The van der Waals surface area contributed by atoms with E-state index in [0.29, 0.717) is 52.8 Å². The van der Waals surface area contributed by atoms with Gasteiger partial charge in [0.25, 0.3) is 0 Å². The Kier molecular flexibility index (Phi) is 12.2. The lowest BCUT2D eigenvalue weighted by Gasteiger charge is -2.39. The standard InChI is InChI=1S/C31H48Cl2N4O5Si/c1-20-26(33)35-28(36-27(20)34-23-10-13-39-14-11-23)21-16-22(32)18-25(17-21)41-19-24(42-43(8,9)31(5,6)7)12-15-40-29(38)37-30(2,3)4/h16-18,23-24H,10-15,19H2,1-9H3,(H,37,38)(H,34,35,36). The van der Waals surface area contributed by atoms with Crippen molar-refractivity contribution in [2.75, 3.05) is 31.7 Å². The molecule has 1 atom stereocenters. The molecule has 0 radical (unpaired) electrons. The molecule has 9 nitrogen and oxygen atoms in total. The smallest absolute Gasteiger partial charge is 0.407 e. The first-order chi connectivity index (χ1) is 19.9. The van der Waals surface area contributed by atoms with Gasteiger partial charge in [-0.05, 0) is 76.9 Å². The Labute approximate surface area is 267 Å². The van der Waals surface area contributed by atoms with E-state index in [9.17, 15) is 4.79 Å². The quantitative estimate of drug-likeness (QED) is 0.185. The maximum Gasteiger partial charge on any atom is 0.407 e. The Bertz CT molecular complexity index is 1240. The molecule has 0 aliphatic carbocycles. The molecule has 1 unspecified atom stereocenters. The highest BCUT2D eigenvalue weighted by molar-refractivity contribution is 6.74. The van der Waals surface area contributed by atoms with Crippen LogP contribution in [0.5, 0.6) is 5.75 Å². The molecule has 1 aromatic heterocycles. The van der Waals surface area contributed by atoms with Gasteiger partial charge in [0.05, 0.1) is 12.7 Å². The van der Waals surface area contributed by atoms with Crippen LogP contribution in [0, 0.1) is 6.92 Å². The van der Waals surface area contributed by atoms with Gasteiger partial charge in [-0.15, -0.1) is 0 Å². The van der Waals surface area contributed by atoms with Crippen LogP contribution in [0.4, 0.5) is 10.6 Å². The zero-order chi connectivity index (χ0) is 32.0. The molecule has 3 rings (SSSR count). The second-order valence-electron chi connectivity index (χ2n) is 13.6. The van der Waals surface area contributed by atoms with E-state index < -0.39 is 14.4 Å². The van der Waals surface area contributed by atoms with E-state index in [0.717, 1.165) is 18.4 Å². The fraction of sp³-hybridized carbons (Fsp3) is 0.645. The Morgan fingerprint density at radius 1 is 1.09 bits per heavy atom. The zero-order valence-corrected chi connectivity index (χ0v) is 29.5. The lowest BCUT2D eigenvalue weighted by atomic mass is 10.1. The first-order valence-corrected chi connectivity index (χ1v) is 18.5. The molecule has 1 aliphatic rings. The molecule has 1 aliphatic heterocycles. The summed E-state index contributed by atoms with van der Waals surface area (Å²) >= 11 is 13.1. The van der Waals surface area contributed by atoms with Gasteiger partial charge in [0, 0.05) is 47.4 Å². The van der Waals surface area contributed by atoms with Crippen LogP contribution in [0.1, 0.15) is 66.4 Å². The first kappa shape index (κ1) is 35.4. The van der Waals surface area contributed by atoms with Crippen molar-refractivity contribution in [2.45, 2.75) is 104 Å². The van der Waals surface area contributed by atoms with Crippen LogP contribution in [-0.2, 0) is 13.9 Å². The van der Waals surface area contributed by atoms with Gasteiger partial charge < -0.3 is 29.3 Å². The molecule has 1 aromatic carbocycles. The first-order valence-electron chi connectivity index (χ1n) is 14.9. The number of benzene rings is 1. The Balaban J connectivity index is 1.77. The highest BCUT2D eigenvalue weighted by Gasteiger charge is 2.39. The Morgan fingerprint density at radius 3 is 2.40 bits per heavy atom. The molecule has 2 N–H and O–H groups in total. The number of aromatic nitrogens is 2. The normalized spacial score (nSPS) is 15.6. The molecule has 1 fully saturated rings. The van der Waals surface area contributed by atoms with Crippen molar-refractivity contribution in [3.63, 3.8) is 0 Å². The zero-order valence-electron chi connectivity index (χ0n) is 27.0. The van der Waals surface area contributed by atoms with Crippen LogP contribution in [0.15, 0.2) is 18.2 Å². The highest BCUT2D eigenvalue weighted by atomic mass is 35.5. The number of amides is 1. The van der Waals surface area contributed by atoms with Gasteiger partial charge in [-0.1, -0.05) is 44.0 Å². The molecule has 240 valence electrons. The summed E-state index contributed by atoms with van der Waals surface area (Å²) < 4.78 is 23.9. The van der Waals surface area contributed by atoms with Gasteiger partial charge in [0.2, 0.25) is 0 Å². The summed E-state index contributed by atoms with van der Waals surface area (Å²) in [5, 5.41) is 7.18.